The third-order valence-electron chi connectivity index (χ3n) is 2.74. The fourth-order valence-corrected chi connectivity index (χ4v) is 2.28. The largest absolute Gasteiger partial charge is 0.465 e. The number of ether oxygens (including phenoxy) is 1. The number of hydrogen-bond acceptors (Lipinski definition) is 5. The first-order valence-electron chi connectivity index (χ1n) is 5.49. The molecule has 0 amide bonds. The first kappa shape index (κ1) is 12.6. The summed E-state index contributed by atoms with van der Waals surface area (Å²) in [7, 11) is 1.36. The van der Waals surface area contributed by atoms with E-state index < -0.39 is 0 Å². The van der Waals surface area contributed by atoms with Crippen molar-refractivity contribution in [2.45, 2.75) is 13.8 Å². The molecule has 0 atom stereocenters. The Morgan fingerprint density at radius 1 is 1.39 bits per heavy atom. The normalized spacial score (nSPS) is 10.2. The molecular weight excluding hydrogens is 248 g/mol. The molecule has 18 heavy (non-hydrogen) atoms. The van der Waals surface area contributed by atoms with Crippen LogP contribution in [0.15, 0.2) is 24.4 Å². The summed E-state index contributed by atoms with van der Waals surface area (Å²) in [6.45, 7) is 4.11. The number of carbonyl (C=O) groups excluding carboxylic acids is 1. The van der Waals surface area contributed by atoms with Crippen molar-refractivity contribution in [3.8, 4) is 0 Å². The van der Waals surface area contributed by atoms with Crippen LogP contribution >= 0.6 is 11.3 Å². The fourth-order valence-electron chi connectivity index (χ4n) is 1.53. The van der Waals surface area contributed by atoms with Gasteiger partial charge < -0.3 is 10.1 Å². The Hall–Kier alpha value is -1.88. The molecule has 1 N–H and O–H groups in total. The zero-order valence-corrected chi connectivity index (χ0v) is 11.3. The average Bonchev–Trinajstić information content (AvgIpc) is 2.82. The van der Waals surface area contributed by atoms with Crippen LogP contribution in [-0.4, -0.2) is 18.1 Å². The van der Waals surface area contributed by atoms with Gasteiger partial charge in [-0.3, -0.25) is 0 Å². The number of carbonyl (C=O) groups is 1. The summed E-state index contributed by atoms with van der Waals surface area (Å²) < 4.78 is 4.65. The number of aromatic nitrogens is 1. The van der Waals surface area contributed by atoms with E-state index in [9.17, 15) is 4.79 Å². The number of aryl methyl sites for hydroxylation is 1. The topological polar surface area (TPSA) is 51.2 Å². The van der Waals surface area contributed by atoms with Crippen LogP contribution in [0.1, 0.15) is 20.8 Å². The first-order chi connectivity index (χ1) is 8.61. The van der Waals surface area contributed by atoms with E-state index in [0.717, 1.165) is 5.69 Å². The molecule has 1 aromatic heterocycles. The van der Waals surface area contributed by atoms with Crippen molar-refractivity contribution in [2.24, 2.45) is 0 Å². The van der Waals surface area contributed by atoms with E-state index in [1.54, 1.807) is 0 Å². The highest BCUT2D eigenvalue weighted by Crippen LogP contribution is 2.26. The molecule has 4 nitrogen and oxygen atoms in total. The van der Waals surface area contributed by atoms with Crippen molar-refractivity contribution < 1.29 is 9.53 Å². The second-order valence-corrected chi connectivity index (χ2v) is 4.92. The van der Waals surface area contributed by atoms with E-state index in [0.29, 0.717) is 10.0 Å². The number of methoxy groups -OCH3 is 1. The third-order valence-corrected chi connectivity index (χ3v) is 3.63. The lowest BCUT2D eigenvalue weighted by atomic mass is 10.1. The Morgan fingerprint density at radius 3 is 2.89 bits per heavy atom. The summed E-state index contributed by atoms with van der Waals surface area (Å²) >= 11 is 1.28. The third kappa shape index (κ3) is 2.51. The predicted molar refractivity (Wildman–Crippen MR) is 72.7 cm³/mol. The van der Waals surface area contributed by atoms with Gasteiger partial charge in [0.05, 0.1) is 13.3 Å². The van der Waals surface area contributed by atoms with Gasteiger partial charge in [-0.15, -0.1) is 0 Å². The monoisotopic (exact) mass is 262 g/mol. The van der Waals surface area contributed by atoms with Gasteiger partial charge in [-0.1, -0.05) is 23.5 Å². The van der Waals surface area contributed by atoms with Crippen molar-refractivity contribution in [3.05, 3.63) is 40.4 Å². The molecule has 0 saturated carbocycles. The summed E-state index contributed by atoms with van der Waals surface area (Å²) in [6.07, 6.45) is 1.52. The summed E-state index contributed by atoms with van der Waals surface area (Å²) in [6, 6.07) is 6.03. The van der Waals surface area contributed by atoms with E-state index in [2.05, 4.69) is 28.0 Å². The van der Waals surface area contributed by atoms with Gasteiger partial charge in [-0.05, 0) is 31.0 Å². The first-order valence-corrected chi connectivity index (χ1v) is 6.31. The van der Waals surface area contributed by atoms with Crippen molar-refractivity contribution >= 4 is 28.1 Å². The molecule has 0 aliphatic rings. The number of nitrogens with zero attached hydrogens (tertiary/aromatic N) is 1. The van der Waals surface area contributed by atoms with Crippen LogP contribution in [-0.2, 0) is 4.74 Å². The van der Waals surface area contributed by atoms with Gasteiger partial charge in [0.25, 0.3) is 0 Å². The highest BCUT2D eigenvalue weighted by Gasteiger charge is 2.11. The molecule has 0 radical (unpaired) electrons. The van der Waals surface area contributed by atoms with Gasteiger partial charge in [-0.25, -0.2) is 9.78 Å². The lowest BCUT2D eigenvalue weighted by Crippen LogP contribution is -1.96. The van der Waals surface area contributed by atoms with E-state index in [1.807, 2.05) is 19.1 Å². The van der Waals surface area contributed by atoms with Crippen LogP contribution in [0.2, 0.25) is 0 Å². The van der Waals surface area contributed by atoms with E-state index in [1.165, 1.54) is 35.8 Å². The molecule has 0 aliphatic heterocycles. The summed E-state index contributed by atoms with van der Waals surface area (Å²) in [4.78, 5) is 16.0. The number of anilines is 2. The van der Waals surface area contributed by atoms with Crippen LogP contribution in [0.5, 0.6) is 0 Å². The molecule has 1 aromatic carbocycles. The van der Waals surface area contributed by atoms with E-state index >= 15 is 0 Å². The zero-order valence-electron chi connectivity index (χ0n) is 10.5. The van der Waals surface area contributed by atoms with Gasteiger partial charge >= 0.3 is 5.97 Å². The molecule has 0 fully saturated rings. The summed E-state index contributed by atoms with van der Waals surface area (Å²) in [5, 5.41) is 3.90. The summed E-state index contributed by atoms with van der Waals surface area (Å²) in [5.41, 5.74) is 3.39. The molecule has 2 rings (SSSR count). The van der Waals surface area contributed by atoms with Crippen molar-refractivity contribution in [1.29, 1.82) is 0 Å². The standard InChI is InChI=1S/C13H14N2O2S/c1-8-5-4-6-10(9(8)2)15-13-14-7-11(18-13)12(16)17-3/h4-7H,1-3H3,(H,14,15). The Labute approximate surface area is 110 Å². The number of benzene rings is 1. The van der Waals surface area contributed by atoms with Crippen LogP contribution < -0.4 is 5.32 Å². The minimum absolute atomic E-state index is 0.360. The second kappa shape index (κ2) is 5.18. The van der Waals surface area contributed by atoms with E-state index in [4.69, 9.17) is 0 Å². The maximum Gasteiger partial charge on any atom is 0.349 e. The lowest BCUT2D eigenvalue weighted by molar-refractivity contribution is 0.0606. The van der Waals surface area contributed by atoms with Gasteiger partial charge in [0, 0.05) is 5.69 Å². The number of hydrogen-bond donors (Lipinski definition) is 1. The van der Waals surface area contributed by atoms with Crippen LogP contribution in [0.3, 0.4) is 0 Å². The zero-order chi connectivity index (χ0) is 13.1. The number of thiazole rings is 1. The molecule has 0 saturated heterocycles. The second-order valence-electron chi connectivity index (χ2n) is 3.89. The molecule has 1 heterocycles. The lowest BCUT2D eigenvalue weighted by Gasteiger charge is -2.08. The Balaban J connectivity index is 2.21. The van der Waals surface area contributed by atoms with Gasteiger partial charge in [-0.2, -0.15) is 0 Å². The Morgan fingerprint density at radius 2 is 2.17 bits per heavy atom. The minimum atomic E-state index is -0.360. The van der Waals surface area contributed by atoms with Crippen molar-refractivity contribution in [3.63, 3.8) is 0 Å². The smallest absolute Gasteiger partial charge is 0.349 e. The van der Waals surface area contributed by atoms with Gasteiger partial charge in [0.15, 0.2) is 5.13 Å². The highest BCUT2D eigenvalue weighted by atomic mass is 32.1. The minimum Gasteiger partial charge on any atom is -0.465 e. The number of nitrogens with one attached hydrogen (secondary N) is 1. The van der Waals surface area contributed by atoms with Crippen LogP contribution in [0, 0.1) is 13.8 Å². The predicted octanol–water partition coefficient (Wildman–Crippen LogP) is 3.29. The molecule has 0 bridgehead atoms. The summed E-state index contributed by atoms with van der Waals surface area (Å²) in [5.74, 6) is -0.360. The molecule has 0 aliphatic carbocycles. The quantitative estimate of drug-likeness (QED) is 0.862. The maximum atomic E-state index is 11.3. The maximum absolute atomic E-state index is 11.3. The highest BCUT2D eigenvalue weighted by molar-refractivity contribution is 7.17. The van der Waals surface area contributed by atoms with Crippen LogP contribution in [0.25, 0.3) is 0 Å². The Bertz CT molecular complexity index is 578. The van der Waals surface area contributed by atoms with Gasteiger partial charge in [0.1, 0.15) is 4.88 Å². The Kier molecular flexibility index (Phi) is 3.62. The van der Waals surface area contributed by atoms with Crippen molar-refractivity contribution in [2.75, 3.05) is 12.4 Å². The average molecular weight is 262 g/mol. The molecule has 0 unspecified atom stereocenters. The molecule has 94 valence electrons. The number of esters is 1. The van der Waals surface area contributed by atoms with Crippen molar-refractivity contribution in [1.82, 2.24) is 4.98 Å². The fraction of sp³-hybridized carbons (Fsp3) is 0.231. The molecule has 5 heteroatoms. The molecular formula is C13H14N2O2S. The van der Waals surface area contributed by atoms with Gasteiger partial charge in [0.2, 0.25) is 0 Å². The number of rotatable bonds is 3. The van der Waals surface area contributed by atoms with Crippen LogP contribution in [0.4, 0.5) is 10.8 Å². The molecule has 0 spiro atoms. The SMILES string of the molecule is COC(=O)c1cnc(Nc2cccc(C)c2C)s1. The molecule has 2 aromatic rings. The van der Waals surface area contributed by atoms with E-state index in [-0.39, 0.29) is 5.97 Å².